The smallest absolute Gasteiger partial charge is 0.158 e. The normalized spacial score (nSPS) is 45.0. The number of ether oxygens (including phenoxy) is 2. The SMILES string of the molecule is CCC(C)(C)CC1OC2CC3CCC2C(C3)O1. The summed E-state index contributed by atoms with van der Waals surface area (Å²) in [6, 6.07) is 0. The molecule has 3 aliphatic carbocycles. The fourth-order valence-corrected chi connectivity index (χ4v) is 3.80. The van der Waals surface area contributed by atoms with Crippen molar-refractivity contribution in [2.75, 3.05) is 0 Å². The lowest BCUT2D eigenvalue weighted by atomic mass is 9.66. The number of hydrogen-bond acceptors (Lipinski definition) is 2. The van der Waals surface area contributed by atoms with Gasteiger partial charge in [0.15, 0.2) is 6.29 Å². The summed E-state index contributed by atoms with van der Waals surface area (Å²) < 4.78 is 12.4. The minimum atomic E-state index is 0.0650. The van der Waals surface area contributed by atoms with E-state index >= 15 is 0 Å². The van der Waals surface area contributed by atoms with Crippen LogP contribution in [0.3, 0.4) is 0 Å². The molecule has 4 fully saturated rings. The highest BCUT2D eigenvalue weighted by Crippen LogP contribution is 2.48. The van der Waals surface area contributed by atoms with E-state index in [0.29, 0.717) is 23.5 Å². The molecule has 2 atom stereocenters. The van der Waals surface area contributed by atoms with Gasteiger partial charge in [-0.25, -0.2) is 0 Å². The van der Waals surface area contributed by atoms with Gasteiger partial charge in [-0.1, -0.05) is 27.2 Å². The summed E-state index contributed by atoms with van der Waals surface area (Å²) in [6.45, 7) is 6.89. The molecule has 17 heavy (non-hydrogen) atoms. The summed E-state index contributed by atoms with van der Waals surface area (Å²) in [5.41, 5.74) is 0.343. The molecule has 1 heterocycles. The third-order valence-corrected chi connectivity index (χ3v) is 5.32. The zero-order valence-corrected chi connectivity index (χ0v) is 11.4. The Morgan fingerprint density at radius 3 is 2.24 bits per heavy atom. The summed E-state index contributed by atoms with van der Waals surface area (Å²) >= 11 is 0. The van der Waals surface area contributed by atoms with Crippen molar-refractivity contribution in [2.24, 2.45) is 17.3 Å². The number of rotatable bonds is 3. The highest BCUT2D eigenvalue weighted by molar-refractivity contribution is 4.96. The van der Waals surface area contributed by atoms with Crippen LogP contribution in [0.1, 0.15) is 59.3 Å². The van der Waals surface area contributed by atoms with E-state index in [0.717, 1.165) is 12.3 Å². The first-order valence-corrected chi connectivity index (χ1v) is 7.38. The van der Waals surface area contributed by atoms with Crippen LogP contribution in [-0.2, 0) is 9.47 Å². The topological polar surface area (TPSA) is 18.5 Å². The molecular formula is C15H26O2. The Bertz CT molecular complexity index is 271. The van der Waals surface area contributed by atoms with Gasteiger partial charge in [-0.2, -0.15) is 0 Å². The second-order valence-corrected chi connectivity index (χ2v) is 7.08. The minimum Gasteiger partial charge on any atom is -0.349 e. The van der Waals surface area contributed by atoms with E-state index in [9.17, 15) is 0 Å². The summed E-state index contributed by atoms with van der Waals surface area (Å²) in [6.07, 6.45) is 8.68. The molecule has 4 bridgehead atoms. The van der Waals surface area contributed by atoms with Gasteiger partial charge in [0, 0.05) is 12.3 Å². The predicted molar refractivity (Wildman–Crippen MR) is 67.7 cm³/mol. The van der Waals surface area contributed by atoms with Gasteiger partial charge in [0.1, 0.15) is 0 Å². The quantitative estimate of drug-likeness (QED) is 0.745. The van der Waals surface area contributed by atoms with Crippen molar-refractivity contribution in [1.82, 2.24) is 0 Å². The molecule has 1 aliphatic heterocycles. The van der Waals surface area contributed by atoms with E-state index in [1.807, 2.05) is 0 Å². The average Bonchev–Trinajstić information content (AvgIpc) is 2.28. The second-order valence-electron chi connectivity index (χ2n) is 7.08. The molecule has 0 spiro atoms. The summed E-state index contributed by atoms with van der Waals surface area (Å²) in [4.78, 5) is 0. The maximum absolute atomic E-state index is 6.21. The van der Waals surface area contributed by atoms with Crippen molar-refractivity contribution < 1.29 is 9.47 Å². The maximum atomic E-state index is 6.21. The molecule has 1 saturated heterocycles. The fourth-order valence-electron chi connectivity index (χ4n) is 3.80. The maximum Gasteiger partial charge on any atom is 0.158 e. The lowest BCUT2D eigenvalue weighted by Crippen LogP contribution is -2.54. The van der Waals surface area contributed by atoms with Gasteiger partial charge in [0.2, 0.25) is 0 Å². The van der Waals surface area contributed by atoms with Gasteiger partial charge in [-0.15, -0.1) is 0 Å². The van der Waals surface area contributed by atoms with Gasteiger partial charge in [-0.05, 0) is 37.0 Å². The molecule has 0 aromatic rings. The molecule has 2 nitrogen and oxygen atoms in total. The zero-order chi connectivity index (χ0) is 12.0. The Balaban J connectivity index is 1.64. The molecule has 4 aliphatic rings. The summed E-state index contributed by atoms with van der Waals surface area (Å²) in [5, 5.41) is 0. The second kappa shape index (κ2) is 4.24. The van der Waals surface area contributed by atoms with Crippen molar-refractivity contribution in [2.45, 2.75) is 77.8 Å². The van der Waals surface area contributed by atoms with Crippen LogP contribution in [0.2, 0.25) is 0 Å². The number of fused-ring (bicyclic) bond motifs is 1. The Labute approximate surface area is 105 Å². The molecule has 0 amide bonds. The van der Waals surface area contributed by atoms with Crippen LogP contribution in [0, 0.1) is 17.3 Å². The molecule has 0 N–H and O–H groups in total. The summed E-state index contributed by atoms with van der Waals surface area (Å²) in [7, 11) is 0. The van der Waals surface area contributed by atoms with Crippen LogP contribution in [-0.4, -0.2) is 18.5 Å². The highest BCUT2D eigenvalue weighted by atomic mass is 16.7. The Kier molecular flexibility index (Phi) is 2.99. The largest absolute Gasteiger partial charge is 0.349 e. The van der Waals surface area contributed by atoms with Crippen LogP contribution >= 0.6 is 0 Å². The third-order valence-electron chi connectivity index (χ3n) is 5.32. The molecule has 0 radical (unpaired) electrons. The Hall–Kier alpha value is -0.0800. The van der Waals surface area contributed by atoms with Gasteiger partial charge >= 0.3 is 0 Å². The van der Waals surface area contributed by atoms with Crippen LogP contribution in [0.25, 0.3) is 0 Å². The third kappa shape index (κ3) is 2.26. The predicted octanol–water partition coefficient (Wildman–Crippen LogP) is 3.74. The highest BCUT2D eigenvalue weighted by Gasteiger charge is 2.48. The van der Waals surface area contributed by atoms with E-state index in [2.05, 4.69) is 20.8 Å². The van der Waals surface area contributed by atoms with Gasteiger partial charge in [0.25, 0.3) is 0 Å². The lowest BCUT2D eigenvalue weighted by molar-refractivity contribution is -0.308. The van der Waals surface area contributed by atoms with Crippen LogP contribution in [0.15, 0.2) is 0 Å². The van der Waals surface area contributed by atoms with E-state index in [1.165, 1.54) is 32.1 Å². The first-order valence-electron chi connectivity index (χ1n) is 7.38. The minimum absolute atomic E-state index is 0.0650. The fraction of sp³-hybridized carbons (Fsp3) is 1.00. The van der Waals surface area contributed by atoms with Crippen molar-refractivity contribution in [1.29, 1.82) is 0 Å². The van der Waals surface area contributed by atoms with E-state index in [1.54, 1.807) is 0 Å². The molecule has 3 saturated carbocycles. The van der Waals surface area contributed by atoms with Crippen LogP contribution in [0.4, 0.5) is 0 Å². The van der Waals surface area contributed by atoms with Crippen molar-refractivity contribution >= 4 is 0 Å². The van der Waals surface area contributed by atoms with Crippen LogP contribution in [0.5, 0.6) is 0 Å². The molecule has 2 unspecified atom stereocenters. The molecule has 98 valence electrons. The first-order chi connectivity index (χ1) is 8.07. The lowest BCUT2D eigenvalue weighted by Gasteiger charge is -2.53. The average molecular weight is 238 g/mol. The monoisotopic (exact) mass is 238 g/mol. The van der Waals surface area contributed by atoms with Gasteiger partial charge < -0.3 is 9.47 Å². The Morgan fingerprint density at radius 1 is 1.06 bits per heavy atom. The van der Waals surface area contributed by atoms with E-state index in [-0.39, 0.29) is 6.29 Å². The van der Waals surface area contributed by atoms with Crippen molar-refractivity contribution in [3.63, 3.8) is 0 Å². The molecule has 0 aromatic heterocycles. The van der Waals surface area contributed by atoms with Gasteiger partial charge in [0.05, 0.1) is 12.2 Å². The molecule has 0 aromatic carbocycles. The molecular weight excluding hydrogens is 212 g/mol. The standard InChI is InChI=1S/C15H26O2/c1-4-15(2,3)9-14-16-12-7-10-5-6-11(12)13(8-10)17-14/h10-14H,4-9H2,1-3H3. The zero-order valence-electron chi connectivity index (χ0n) is 11.4. The molecule has 2 heteroatoms. The van der Waals surface area contributed by atoms with Gasteiger partial charge in [-0.3, -0.25) is 0 Å². The Morgan fingerprint density at radius 2 is 1.71 bits per heavy atom. The molecule has 4 rings (SSSR count). The summed E-state index contributed by atoms with van der Waals surface area (Å²) in [5.74, 6) is 1.59. The number of hydrogen-bond donors (Lipinski definition) is 0. The first kappa shape index (κ1) is 12.0. The van der Waals surface area contributed by atoms with Crippen molar-refractivity contribution in [3.8, 4) is 0 Å². The van der Waals surface area contributed by atoms with E-state index in [4.69, 9.17) is 9.47 Å². The van der Waals surface area contributed by atoms with Crippen molar-refractivity contribution in [3.05, 3.63) is 0 Å². The van der Waals surface area contributed by atoms with E-state index < -0.39 is 0 Å². The van der Waals surface area contributed by atoms with Crippen LogP contribution < -0.4 is 0 Å².